The van der Waals surface area contributed by atoms with E-state index in [1.165, 1.54) is 6.42 Å². The highest BCUT2D eigenvalue weighted by Crippen LogP contribution is 2.37. The van der Waals surface area contributed by atoms with Crippen LogP contribution in [0.25, 0.3) is 0 Å². The first kappa shape index (κ1) is 29.2. The Hall–Kier alpha value is -4.30. The number of carbonyl (C=O) groups is 3. The monoisotopic (exact) mass is 566 g/mol. The predicted octanol–water partition coefficient (Wildman–Crippen LogP) is 5.95. The molecule has 1 unspecified atom stereocenters. The van der Waals surface area contributed by atoms with Gasteiger partial charge in [0, 0.05) is 17.4 Å². The first-order valence-electron chi connectivity index (χ1n) is 14.8. The molecule has 8 nitrogen and oxygen atoms in total. The molecule has 5 rings (SSSR count). The molecule has 1 fully saturated rings. The van der Waals surface area contributed by atoms with Crippen LogP contribution in [0.3, 0.4) is 0 Å². The van der Waals surface area contributed by atoms with E-state index in [2.05, 4.69) is 10.2 Å². The van der Waals surface area contributed by atoms with Gasteiger partial charge in [-0.15, -0.1) is 0 Å². The quantitative estimate of drug-likeness (QED) is 0.255. The normalized spacial score (nSPS) is 17.1. The predicted molar refractivity (Wildman–Crippen MR) is 166 cm³/mol. The van der Waals surface area contributed by atoms with Crippen LogP contribution in [0.4, 0.5) is 17.1 Å². The standard InChI is InChI=1S/C34H38N4O4/c1-4-42-34(41)25-13-18-28-29(21-25)36-33(40)31(28)32(24-11-7-5-8-12-24)35-26-14-16-27(17-15-26)38(23(2)3)30(39)22-37-19-9-6-10-20-37/h5,7-8,11-18,21,23,31H,4,6,9-10,19-20,22H2,1-3H3,(H,36,40). The van der Waals surface area contributed by atoms with Crippen LogP contribution in [0.1, 0.15) is 67.4 Å². The SMILES string of the molecule is CCOC(=O)c1ccc2c(c1)NC(=O)C2C(=Nc1ccc(N(C(=O)CN2CCCCC2)C(C)C)cc1)c1ccccc1. The second-order valence-corrected chi connectivity index (χ2v) is 11.0. The molecule has 2 aliphatic rings. The van der Waals surface area contributed by atoms with Crippen molar-refractivity contribution in [3.8, 4) is 0 Å². The molecule has 0 aromatic heterocycles. The molecule has 2 amide bonds. The van der Waals surface area contributed by atoms with Crippen molar-refractivity contribution < 1.29 is 19.1 Å². The second-order valence-electron chi connectivity index (χ2n) is 11.0. The molecule has 0 saturated carbocycles. The van der Waals surface area contributed by atoms with Gasteiger partial charge in [0.25, 0.3) is 0 Å². The number of rotatable bonds is 9. The Morgan fingerprint density at radius 1 is 0.976 bits per heavy atom. The van der Waals surface area contributed by atoms with Gasteiger partial charge in [0.15, 0.2) is 0 Å². The fourth-order valence-electron chi connectivity index (χ4n) is 5.72. The first-order valence-corrected chi connectivity index (χ1v) is 14.8. The summed E-state index contributed by atoms with van der Waals surface area (Å²) in [6.07, 6.45) is 3.51. The first-order chi connectivity index (χ1) is 20.4. The van der Waals surface area contributed by atoms with Gasteiger partial charge in [0.2, 0.25) is 11.8 Å². The Morgan fingerprint density at radius 3 is 2.36 bits per heavy atom. The number of carbonyl (C=O) groups excluding carboxylic acids is 3. The third kappa shape index (κ3) is 6.44. The number of esters is 1. The summed E-state index contributed by atoms with van der Waals surface area (Å²) in [5.74, 6) is -1.20. The van der Waals surface area contributed by atoms with Crippen molar-refractivity contribution in [3.63, 3.8) is 0 Å². The van der Waals surface area contributed by atoms with Gasteiger partial charge >= 0.3 is 5.97 Å². The lowest BCUT2D eigenvalue weighted by Crippen LogP contribution is -2.45. The molecule has 3 aromatic carbocycles. The number of anilines is 2. The number of piperidine rings is 1. The fourth-order valence-corrected chi connectivity index (χ4v) is 5.72. The van der Waals surface area contributed by atoms with E-state index in [1.54, 1.807) is 25.1 Å². The van der Waals surface area contributed by atoms with Gasteiger partial charge in [0.05, 0.1) is 30.1 Å². The zero-order valence-electron chi connectivity index (χ0n) is 24.5. The van der Waals surface area contributed by atoms with Crippen molar-refractivity contribution in [3.05, 3.63) is 89.5 Å². The lowest BCUT2D eigenvalue weighted by atomic mass is 9.90. The van der Waals surface area contributed by atoms with Crippen molar-refractivity contribution in [2.45, 2.75) is 52.0 Å². The van der Waals surface area contributed by atoms with Gasteiger partial charge in [-0.25, -0.2) is 4.79 Å². The highest BCUT2D eigenvalue weighted by Gasteiger charge is 2.36. The van der Waals surface area contributed by atoms with Crippen LogP contribution in [-0.4, -0.2) is 60.7 Å². The van der Waals surface area contributed by atoms with Gasteiger partial charge in [0.1, 0.15) is 5.92 Å². The van der Waals surface area contributed by atoms with Crippen LogP contribution < -0.4 is 10.2 Å². The summed E-state index contributed by atoms with van der Waals surface area (Å²) >= 11 is 0. The van der Waals surface area contributed by atoms with Crippen LogP contribution in [0, 0.1) is 0 Å². The Bertz CT molecular complexity index is 1460. The number of benzene rings is 3. The van der Waals surface area contributed by atoms with Crippen molar-refractivity contribution in [2.24, 2.45) is 4.99 Å². The van der Waals surface area contributed by atoms with Crippen LogP contribution in [0.2, 0.25) is 0 Å². The summed E-state index contributed by atoms with van der Waals surface area (Å²) in [4.78, 5) is 48.0. The van der Waals surface area contributed by atoms with Crippen molar-refractivity contribution >= 4 is 40.6 Å². The number of hydrogen-bond donors (Lipinski definition) is 1. The summed E-state index contributed by atoms with van der Waals surface area (Å²) in [5.41, 5.74) is 4.64. The van der Waals surface area contributed by atoms with Crippen LogP contribution in [-0.2, 0) is 14.3 Å². The van der Waals surface area contributed by atoms with Gasteiger partial charge < -0.3 is 15.0 Å². The number of nitrogens with zero attached hydrogens (tertiary/aromatic N) is 3. The zero-order chi connectivity index (χ0) is 29.6. The van der Waals surface area contributed by atoms with Gasteiger partial charge in [-0.1, -0.05) is 42.8 Å². The van der Waals surface area contributed by atoms with E-state index in [0.717, 1.165) is 42.7 Å². The average molecular weight is 567 g/mol. The summed E-state index contributed by atoms with van der Waals surface area (Å²) in [7, 11) is 0. The van der Waals surface area contributed by atoms with Gasteiger partial charge in [-0.2, -0.15) is 0 Å². The lowest BCUT2D eigenvalue weighted by Gasteiger charge is -2.31. The number of fused-ring (bicyclic) bond motifs is 1. The maximum Gasteiger partial charge on any atom is 0.338 e. The molecule has 2 aliphatic heterocycles. The van der Waals surface area contributed by atoms with E-state index in [9.17, 15) is 14.4 Å². The molecule has 0 aliphatic carbocycles. The summed E-state index contributed by atoms with van der Waals surface area (Å²) in [6, 6.07) is 22.4. The Balaban J connectivity index is 1.45. The van der Waals surface area contributed by atoms with Crippen molar-refractivity contribution in [1.82, 2.24) is 4.90 Å². The largest absolute Gasteiger partial charge is 0.462 e. The lowest BCUT2D eigenvalue weighted by molar-refractivity contribution is -0.120. The van der Waals surface area contributed by atoms with E-state index >= 15 is 0 Å². The van der Waals surface area contributed by atoms with E-state index in [4.69, 9.17) is 9.73 Å². The van der Waals surface area contributed by atoms with Crippen molar-refractivity contribution in [1.29, 1.82) is 0 Å². The smallest absolute Gasteiger partial charge is 0.338 e. The number of amides is 2. The van der Waals surface area contributed by atoms with Crippen LogP contribution >= 0.6 is 0 Å². The third-order valence-corrected chi connectivity index (χ3v) is 7.71. The topological polar surface area (TPSA) is 91.3 Å². The number of nitrogens with one attached hydrogen (secondary N) is 1. The molecular weight excluding hydrogens is 528 g/mol. The molecule has 1 N–H and O–H groups in total. The number of aliphatic imine (C=N–C) groups is 1. The molecule has 8 heteroatoms. The molecule has 2 heterocycles. The van der Waals surface area contributed by atoms with E-state index in [-0.39, 0.29) is 24.5 Å². The highest BCUT2D eigenvalue weighted by atomic mass is 16.5. The number of hydrogen-bond acceptors (Lipinski definition) is 6. The molecule has 3 aromatic rings. The van der Waals surface area contributed by atoms with Crippen LogP contribution in [0.5, 0.6) is 0 Å². The Kier molecular flexibility index (Phi) is 9.12. The molecule has 1 saturated heterocycles. The van der Waals surface area contributed by atoms with Gasteiger partial charge in [-0.05, 0) is 94.2 Å². The molecule has 42 heavy (non-hydrogen) atoms. The minimum absolute atomic E-state index is 0.00899. The molecule has 0 bridgehead atoms. The second kappa shape index (κ2) is 13.1. The summed E-state index contributed by atoms with van der Waals surface area (Å²) in [5, 5.41) is 2.93. The molecular formula is C34H38N4O4. The molecule has 1 atom stereocenters. The average Bonchev–Trinajstić information content (AvgIpc) is 3.32. The minimum Gasteiger partial charge on any atom is -0.462 e. The molecule has 218 valence electrons. The van der Waals surface area contributed by atoms with Crippen molar-refractivity contribution in [2.75, 3.05) is 36.5 Å². The summed E-state index contributed by atoms with van der Waals surface area (Å²) < 4.78 is 5.13. The Morgan fingerprint density at radius 2 is 1.69 bits per heavy atom. The zero-order valence-corrected chi connectivity index (χ0v) is 24.5. The molecule has 0 spiro atoms. The summed E-state index contributed by atoms with van der Waals surface area (Å²) in [6.45, 7) is 8.44. The van der Waals surface area contributed by atoms with E-state index in [1.807, 2.05) is 73.3 Å². The highest BCUT2D eigenvalue weighted by molar-refractivity contribution is 6.24. The molecule has 0 radical (unpaired) electrons. The van der Waals surface area contributed by atoms with E-state index < -0.39 is 11.9 Å². The number of likely N-dealkylation sites (tertiary alicyclic amines) is 1. The van der Waals surface area contributed by atoms with E-state index in [0.29, 0.717) is 29.2 Å². The third-order valence-electron chi connectivity index (χ3n) is 7.71. The fraction of sp³-hybridized carbons (Fsp3) is 0.353. The number of ether oxygens (including phenoxy) is 1. The van der Waals surface area contributed by atoms with Gasteiger partial charge in [-0.3, -0.25) is 19.5 Å². The Labute approximate surface area is 247 Å². The van der Waals surface area contributed by atoms with Crippen LogP contribution in [0.15, 0.2) is 77.8 Å². The maximum absolute atomic E-state index is 13.3. The maximum atomic E-state index is 13.3. The minimum atomic E-state index is -0.656.